The van der Waals surface area contributed by atoms with Gasteiger partial charge in [-0.3, -0.25) is 4.79 Å². The zero-order valence-electron chi connectivity index (χ0n) is 9.20. The molecule has 2 aromatic heterocycles. The maximum Gasteiger partial charge on any atom is 0.230 e. The van der Waals surface area contributed by atoms with Gasteiger partial charge in [0.15, 0.2) is 5.82 Å². The summed E-state index contributed by atoms with van der Waals surface area (Å²) < 4.78 is 0. The van der Waals surface area contributed by atoms with Gasteiger partial charge in [0.05, 0.1) is 5.69 Å². The molecular formula is C10H11N5OS. The van der Waals surface area contributed by atoms with Gasteiger partial charge in [-0.25, -0.2) is 0 Å². The fraction of sp³-hybridized carbons (Fsp3) is 0.400. The van der Waals surface area contributed by atoms with E-state index in [1.165, 1.54) is 0 Å². The van der Waals surface area contributed by atoms with Gasteiger partial charge in [-0.15, -0.1) is 10.2 Å². The van der Waals surface area contributed by atoms with E-state index >= 15 is 0 Å². The lowest BCUT2D eigenvalue weighted by atomic mass is 10.2. The zero-order valence-corrected chi connectivity index (χ0v) is 10.0. The van der Waals surface area contributed by atoms with E-state index in [1.807, 2.05) is 16.8 Å². The van der Waals surface area contributed by atoms with Crippen molar-refractivity contribution in [3.8, 4) is 0 Å². The molecule has 2 heterocycles. The first-order chi connectivity index (χ1) is 8.27. The molecule has 1 saturated carbocycles. The smallest absolute Gasteiger partial charge is 0.230 e. The van der Waals surface area contributed by atoms with Gasteiger partial charge < -0.3 is 4.90 Å². The largest absolute Gasteiger partial charge is 0.314 e. The number of aromatic amines is 1. The molecule has 1 amide bonds. The molecule has 1 aliphatic rings. The highest BCUT2D eigenvalue weighted by atomic mass is 32.1. The highest BCUT2D eigenvalue weighted by Crippen LogP contribution is 2.47. The van der Waals surface area contributed by atoms with Gasteiger partial charge >= 0.3 is 0 Å². The van der Waals surface area contributed by atoms with Crippen molar-refractivity contribution >= 4 is 22.9 Å². The van der Waals surface area contributed by atoms with Gasteiger partial charge in [0, 0.05) is 24.3 Å². The number of nitrogens with one attached hydrogen (secondary N) is 1. The van der Waals surface area contributed by atoms with Crippen LogP contribution < -0.4 is 4.90 Å². The fourth-order valence-corrected chi connectivity index (χ4v) is 2.58. The maximum atomic E-state index is 12.2. The minimum absolute atomic E-state index is 0.00231. The third-order valence-electron chi connectivity index (χ3n) is 3.03. The SMILES string of the molecule is CN(C(=O)[C@@H]1C[C@@H]1c1nn[nH]n1)c1ccsc1. The molecule has 17 heavy (non-hydrogen) atoms. The van der Waals surface area contributed by atoms with Crippen LogP contribution in [-0.4, -0.2) is 33.6 Å². The van der Waals surface area contributed by atoms with E-state index in [0.717, 1.165) is 12.1 Å². The molecule has 88 valence electrons. The van der Waals surface area contributed by atoms with Crippen LogP contribution in [0, 0.1) is 5.92 Å². The molecule has 1 aliphatic carbocycles. The van der Waals surface area contributed by atoms with E-state index in [9.17, 15) is 4.79 Å². The Morgan fingerprint density at radius 2 is 2.53 bits per heavy atom. The summed E-state index contributed by atoms with van der Waals surface area (Å²) in [6.07, 6.45) is 0.812. The van der Waals surface area contributed by atoms with Crippen LogP contribution in [0.5, 0.6) is 0 Å². The van der Waals surface area contributed by atoms with Crippen molar-refractivity contribution < 1.29 is 4.79 Å². The van der Waals surface area contributed by atoms with Crippen molar-refractivity contribution in [2.24, 2.45) is 5.92 Å². The zero-order chi connectivity index (χ0) is 11.8. The highest BCUT2D eigenvalue weighted by molar-refractivity contribution is 7.08. The summed E-state index contributed by atoms with van der Waals surface area (Å²) in [6, 6.07) is 1.94. The summed E-state index contributed by atoms with van der Waals surface area (Å²) in [6.45, 7) is 0. The summed E-state index contributed by atoms with van der Waals surface area (Å²) in [7, 11) is 1.80. The average Bonchev–Trinajstić information content (AvgIpc) is 2.82. The number of tetrazole rings is 1. The van der Waals surface area contributed by atoms with Crippen molar-refractivity contribution in [3.63, 3.8) is 0 Å². The molecule has 3 rings (SSSR count). The summed E-state index contributed by atoms with van der Waals surface area (Å²) in [5.74, 6) is 0.889. The van der Waals surface area contributed by atoms with Gasteiger partial charge in [-0.05, 0) is 17.9 Å². The number of H-pyrrole nitrogens is 1. The summed E-state index contributed by atoms with van der Waals surface area (Å²) >= 11 is 1.58. The van der Waals surface area contributed by atoms with Gasteiger partial charge in [-0.1, -0.05) is 5.21 Å². The topological polar surface area (TPSA) is 74.8 Å². The van der Waals surface area contributed by atoms with Crippen molar-refractivity contribution in [2.45, 2.75) is 12.3 Å². The quantitative estimate of drug-likeness (QED) is 0.881. The predicted octanol–water partition coefficient (Wildman–Crippen LogP) is 1.03. The highest BCUT2D eigenvalue weighted by Gasteiger charge is 2.48. The minimum Gasteiger partial charge on any atom is -0.314 e. The van der Waals surface area contributed by atoms with Gasteiger partial charge in [0.1, 0.15) is 0 Å². The van der Waals surface area contributed by atoms with Crippen molar-refractivity contribution in [1.29, 1.82) is 0 Å². The molecule has 1 fully saturated rings. The van der Waals surface area contributed by atoms with Crippen molar-refractivity contribution in [1.82, 2.24) is 20.6 Å². The molecule has 0 bridgehead atoms. The van der Waals surface area contributed by atoms with E-state index in [-0.39, 0.29) is 17.7 Å². The van der Waals surface area contributed by atoms with Crippen LogP contribution in [0.15, 0.2) is 16.8 Å². The van der Waals surface area contributed by atoms with E-state index in [0.29, 0.717) is 5.82 Å². The Hall–Kier alpha value is -1.76. The number of hydrogen-bond acceptors (Lipinski definition) is 5. The minimum atomic E-state index is -0.00231. The molecule has 0 saturated heterocycles. The van der Waals surface area contributed by atoms with Gasteiger partial charge in [-0.2, -0.15) is 16.6 Å². The number of carbonyl (C=O) groups excluding carboxylic acids is 1. The summed E-state index contributed by atoms with van der Waals surface area (Å²) in [5.41, 5.74) is 0.943. The number of aromatic nitrogens is 4. The molecule has 0 radical (unpaired) electrons. The molecule has 0 aliphatic heterocycles. The second-order valence-corrected chi connectivity index (χ2v) is 4.88. The van der Waals surface area contributed by atoms with Crippen LogP contribution in [-0.2, 0) is 4.79 Å². The first-order valence-corrected chi connectivity index (χ1v) is 6.25. The lowest BCUT2D eigenvalue weighted by Crippen LogP contribution is -2.27. The van der Waals surface area contributed by atoms with E-state index in [1.54, 1.807) is 23.3 Å². The number of hydrogen-bond donors (Lipinski definition) is 1. The number of nitrogens with zero attached hydrogens (tertiary/aromatic N) is 4. The monoisotopic (exact) mass is 249 g/mol. The molecule has 2 atom stereocenters. The van der Waals surface area contributed by atoms with Gasteiger partial charge in [0.2, 0.25) is 5.91 Å². The third kappa shape index (κ3) is 1.82. The maximum absolute atomic E-state index is 12.2. The van der Waals surface area contributed by atoms with Crippen LogP contribution in [0.2, 0.25) is 0 Å². The number of carbonyl (C=O) groups is 1. The predicted molar refractivity (Wildman–Crippen MR) is 62.8 cm³/mol. The lowest BCUT2D eigenvalue weighted by Gasteiger charge is -2.14. The van der Waals surface area contributed by atoms with Crippen molar-refractivity contribution in [2.75, 3.05) is 11.9 Å². The standard InChI is InChI=1S/C10H11N5OS/c1-15(6-2-3-17-5-6)10(16)8-4-7(8)9-11-13-14-12-9/h2-3,5,7-8H,4H2,1H3,(H,11,12,13,14)/t7-,8+/m0/s1. The fourth-order valence-electron chi connectivity index (χ4n) is 1.90. The molecule has 0 spiro atoms. The van der Waals surface area contributed by atoms with Crippen LogP contribution in [0.3, 0.4) is 0 Å². The van der Waals surface area contributed by atoms with E-state index < -0.39 is 0 Å². The first-order valence-electron chi connectivity index (χ1n) is 5.30. The lowest BCUT2D eigenvalue weighted by molar-refractivity contribution is -0.119. The number of rotatable bonds is 3. The first kappa shape index (κ1) is 10.4. The second kappa shape index (κ2) is 3.92. The molecule has 1 N–H and O–H groups in total. The Balaban J connectivity index is 1.69. The van der Waals surface area contributed by atoms with Crippen LogP contribution in [0.4, 0.5) is 5.69 Å². The van der Waals surface area contributed by atoms with Crippen molar-refractivity contribution in [3.05, 3.63) is 22.7 Å². The molecule has 6 nitrogen and oxygen atoms in total. The Labute approximate surface area is 102 Å². The molecular weight excluding hydrogens is 238 g/mol. The van der Waals surface area contributed by atoms with E-state index in [4.69, 9.17) is 0 Å². The second-order valence-electron chi connectivity index (χ2n) is 4.10. The number of amides is 1. The Morgan fingerprint density at radius 3 is 3.18 bits per heavy atom. The molecule has 2 aromatic rings. The number of thiophene rings is 1. The summed E-state index contributed by atoms with van der Waals surface area (Å²) in [5, 5.41) is 17.7. The normalized spacial score (nSPS) is 22.4. The molecule has 0 aromatic carbocycles. The van der Waals surface area contributed by atoms with Gasteiger partial charge in [0.25, 0.3) is 0 Å². The molecule has 0 unspecified atom stereocenters. The van der Waals surface area contributed by atoms with Crippen LogP contribution in [0.1, 0.15) is 18.2 Å². The summed E-state index contributed by atoms with van der Waals surface area (Å²) in [4.78, 5) is 13.8. The average molecular weight is 249 g/mol. The number of anilines is 1. The Morgan fingerprint density at radius 1 is 1.65 bits per heavy atom. The van der Waals surface area contributed by atoms with E-state index in [2.05, 4.69) is 20.6 Å². The van der Waals surface area contributed by atoms with Crippen LogP contribution >= 0.6 is 11.3 Å². The Bertz CT molecular complexity index is 509. The molecule has 7 heteroatoms. The third-order valence-corrected chi connectivity index (χ3v) is 3.70. The Kier molecular flexibility index (Phi) is 2.40. The van der Waals surface area contributed by atoms with Crippen LogP contribution in [0.25, 0.3) is 0 Å².